The highest BCUT2D eigenvalue weighted by Gasteiger charge is 2.09. The van der Waals surface area contributed by atoms with Crippen LogP contribution in [0.4, 0.5) is 0 Å². The van der Waals surface area contributed by atoms with E-state index in [0.29, 0.717) is 5.88 Å². The number of benzene rings is 1. The van der Waals surface area contributed by atoms with Gasteiger partial charge in [-0.3, -0.25) is 0 Å². The molecule has 0 aliphatic heterocycles. The zero-order valence-corrected chi connectivity index (χ0v) is 11.2. The number of rotatable bonds is 5. The van der Waals surface area contributed by atoms with Crippen LogP contribution in [0, 0.1) is 20.8 Å². The van der Waals surface area contributed by atoms with Gasteiger partial charge in [0.05, 0.1) is 7.11 Å². The van der Waals surface area contributed by atoms with Crippen LogP contribution in [0.25, 0.3) is 0 Å². The molecule has 0 aromatic heterocycles. The van der Waals surface area contributed by atoms with Gasteiger partial charge in [-0.15, -0.1) is 11.6 Å². The predicted octanol–water partition coefficient (Wildman–Crippen LogP) is 2.95. The van der Waals surface area contributed by atoms with E-state index >= 15 is 0 Å². The summed E-state index contributed by atoms with van der Waals surface area (Å²) in [5.41, 5.74) is 5.03. The predicted molar refractivity (Wildman–Crippen MR) is 69.6 cm³/mol. The minimum absolute atomic E-state index is 0.646. The van der Waals surface area contributed by atoms with Crippen molar-refractivity contribution in [1.29, 1.82) is 0 Å². The smallest absolute Gasteiger partial charge is 0.124 e. The van der Waals surface area contributed by atoms with E-state index in [4.69, 9.17) is 16.3 Å². The Labute approximate surface area is 103 Å². The minimum Gasteiger partial charge on any atom is -0.496 e. The maximum absolute atomic E-state index is 5.64. The van der Waals surface area contributed by atoms with Crippen molar-refractivity contribution in [2.24, 2.45) is 0 Å². The van der Waals surface area contributed by atoms with Gasteiger partial charge in [0.1, 0.15) is 5.75 Å². The summed E-state index contributed by atoms with van der Waals surface area (Å²) in [6, 6.07) is 2.18. The highest BCUT2D eigenvalue weighted by Crippen LogP contribution is 2.28. The van der Waals surface area contributed by atoms with Gasteiger partial charge in [-0.25, -0.2) is 0 Å². The van der Waals surface area contributed by atoms with Crippen molar-refractivity contribution in [2.75, 3.05) is 19.5 Å². The lowest BCUT2D eigenvalue weighted by molar-refractivity contribution is 0.408. The lowest BCUT2D eigenvalue weighted by atomic mass is 9.98. The van der Waals surface area contributed by atoms with E-state index in [2.05, 4.69) is 32.2 Å². The average molecular weight is 242 g/mol. The molecule has 0 spiro atoms. The Hall–Kier alpha value is -0.730. The van der Waals surface area contributed by atoms with E-state index in [1.54, 1.807) is 7.11 Å². The van der Waals surface area contributed by atoms with Gasteiger partial charge in [-0.1, -0.05) is 6.07 Å². The molecule has 0 aliphatic rings. The van der Waals surface area contributed by atoms with Crippen LogP contribution in [0.15, 0.2) is 6.07 Å². The molecule has 0 unspecified atom stereocenters. The Kier molecular flexibility index (Phi) is 5.10. The van der Waals surface area contributed by atoms with E-state index in [1.807, 2.05) is 0 Å². The summed E-state index contributed by atoms with van der Waals surface area (Å²) in [4.78, 5) is 0. The van der Waals surface area contributed by atoms with Gasteiger partial charge in [0.2, 0.25) is 0 Å². The monoisotopic (exact) mass is 241 g/mol. The number of nitrogens with one attached hydrogen (secondary N) is 1. The largest absolute Gasteiger partial charge is 0.496 e. The molecule has 3 heteroatoms. The van der Waals surface area contributed by atoms with Crippen LogP contribution in [0.2, 0.25) is 0 Å². The Bertz CT molecular complexity index is 363. The highest BCUT2D eigenvalue weighted by molar-refractivity contribution is 6.18. The molecule has 0 radical (unpaired) electrons. The second-order valence-electron chi connectivity index (χ2n) is 4.00. The Morgan fingerprint density at radius 1 is 1.25 bits per heavy atom. The van der Waals surface area contributed by atoms with Crippen LogP contribution in [0.5, 0.6) is 5.75 Å². The van der Waals surface area contributed by atoms with Crippen LogP contribution < -0.4 is 10.1 Å². The first-order valence-electron chi connectivity index (χ1n) is 5.52. The molecule has 0 atom stereocenters. The number of aryl methyl sites for hydroxylation is 1. The van der Waals surface area contributed by atoms with Gasteiger partial charge >= 0.3 is 0 Å². The number of alkyl halides is 1. The summed E-state index contributed by atoms with van der Waals surface area (Å²) >= 11 is 5.64. The maximum atomic E-state index is 5.64. The molecule has 1 aromatic rings. The van der Waals surface area contributed by atoms with Gasteiger partial charge < -0.3 is 10.1 Å². The van der Waals surface area contributed by atoms with E-state index in [-0.39, 0.29) is 0 Å². The summed E-state index contributed by atoms with van der Waals surface area (Å²) in [7, 11) is 1.72. The van der Waals surface area contributed by atoms with E-state index in [1.165, 1.54) is 22.3 Å². The molecule has 0 aliphatic carbocycles. The minimum atomic E-state index is 0.646. The van der Waals surface area contributed by atoms with Gasteiger partial charge in [-0.2, -0.15) is 0 Å². The van der Waals surface area contributed by atoms with Gasteiger partial charge in [0.25, 0.3) is 0 Å². The molecule has 1 N–H and O–H groups in total. The fraction of sp³-hybridized carbons (Fsp3) is 0.538. The lowest BCUT2D eigenvalue weighted by Gasteiger charge is -2.15. The average Bonchev–Trinajstić information content (AvgIpc) is 2.26. The molecule has 0 saturated heterocycles. The lowest BCUT2D eigenvalue weighted by Crippen LogP contribution is -2.17. The maximum Gasteiger partial charge on any atom is 0.124 e. The first-order chi connectivity index (χ1) is 7.61. The summed E-state index contributed by atoms with van der Waals surface area (Å²) in [6.07, 6.45) is 0. The van der Waals surface area contributed by atoms with E-state index in [0.717, 1.165) is 18.8 Å². The Morgan fingerprint density at radius 3 is 2.50 bits per heavy atom. The quantitative estimate of drug-likeness (QED) is 0.632. The number of hydrogen-bond donors (Lipinski definition) is 1. The topological polar surface area (TPSA) is 21.3 Å². The van der Waals surface area contributed by atoms with Crippen LogP contribution in [0.1, 0.15) is 22.3 Å². The van der Waals surface area contributed by atoms with Gasteiger partial charge in [0, 0.05) is 19.0 Å². The van der Waals surface area contributed by atoms with Crippen molar-refractivity contribution in [3.05, 3.63) is 28.3 Å². The van der Waals surface area contributed by atoms with Crippen molar-refractivity contribution in [3.8, 4) is 5.75 Å². The van der Waals surface area contributed by atoms with Crippen LogP contribution in [-0.2, 0) is 6.54 Å². The fourth-order valence-corrected chi connectivity index (χ4v) is 2.06. The summed E-state index contributed by atoms with van der Waals surface area (Å²) in [5, 5.41) is 3.31. The molecule has 1 rings (SSSR count). The molecule has 0 bridgehead atoms. The van der Waals surface area contributed by atoms with Crippen LogP contribution >= 0.6 is 11.6 Å². The van der Waals surface area contributed by atoms with Crippen molar-refractivity contribution in [2.45, 2.75) is 27.3 Å². The SMILES string of the molecule is COc1c(C)cc(CNCCCl)c(C)c1C. The number of halogens is 1. The van der Waals surface area contributed by atoms with Crippen molar-refractivity contribution in [3.63, 3.8) is 0 Å². The number of ether oxygens (including phenoxy) is 1. The third-order valence-electron chi connectivity index (χ3n) is 2.92. The zero-order chi connectivity index (χ0) is 12.1. The Morgan fingerprint density at radius 2 is 1.94 bits per heavy atom. The molecule has 16 heavy (non-hydrogen) atoms. The number of methoxy groups -OCH3 is 1. The standard InChI is InChI=1S/C13H20ClNO/c1-9-7-12(8-15-6-5-14)10(2)11(3)13(9)16-4/h7,15H,5-6,8H2,1-4H3. The fourth-order valence-electron chi connectivity index (χ4n) is 1.93. The molecular formula is C13H20ClNO. The van der Waals surface area contributed by atoms with Crippen molar-refractivity contribution in [1.82, 2.24) is 5.32 Å². The van der Waals surface area contributed by atoms with Crippen molar-refractivity contribution >= 4 is 11.6 Å². The normalized spacial score (nSPS) is 10.6. The first kappa shape index (κ1) is 13.3. The van der Waals surface area contributed by atoms with Crippen LogP contribution in [0.3, 0.4) is 0 Å². The van der Waals surface area contributed by atoms with Gasteiger partial charge in [-0.05, 0) is 43.0 Å². The molecule has 0 saturated carbocycles. The van der Waals surface area contributed by atoms with Crippen LogP contribution in [-0.4, -0.2) is 19.5 Å². The van der Waals surface area contributed by atoms with E-state index < -0.39 is 0 Å². The number of hydrogen-bond acceptors (Lipinski definition) is 2. The Balaban J connectivity index is 2.94. The molecule has 1 aromatic carbocycles. The second kappa shape index (κ2) is 6.12. The molecule has 0 heterocycles. The second-order valence-corrected chi connectivity index (χ2v) is 4.38. The molecule has 0 amide bonds. The summed E-state index contributed by atoms with van der Waals surface area (Å²) in [6.45, 7) is 8.02. The molecule has 90 valence electrons. The molecular weight excluding hydrogens is 222 g/mol. The zero-order valence-electron chi connectivity index (χ0n) is 10.5. The molecule has 0 fully saturated rings. The highest BCUT2D eigenvalue weighted by atomic mass is 35.5. The van der Waals surface area contributed by atoms with Gasteiger partial charge in [0.15, 0.2) is 0 Å². The summed E-state index contributed by atoms with van der Waals surface area (Å²) in [5.74, 6) is 1.64. The first-order valence-corrected chi connectivity index (χ1v) is 6.05. The van der Waals surface area contributed by atoms with Crippen molar-refractivity contribution < 1.29 is 4.74 Å². The summed E-state index contributed by atoms with van der Waals surface area (Å²) < 4.78 is 5.40. The third-order valence-corrected chi connectivity index (χ3v) is 3.11. The third kappa shape index (κ3) is 2.89. The van der Waals surface area contributed by atoms with E-state index in [9.17, 15) is 0 Å². The molecule has 2 nitrogen and oxygen atoms in total.